The van der Waals surface area contributed by atoms with Gasteiger partial charge in [-0.25, -0.2) is 13.2 Å². The van der Waals surface area contributed by atoms with Gasteiger partial charge in [-0.05, 0) is 44.0 Å². The van der Waals surface area contributed by atoms with Gasteiger partial charge in [-0.2, -0.15) is 0 Å². The van der Waals surface area contributed by atoms with Gasteiger partial charge in [0.15, 0.2) is 0 Å². The van der Waals surface area contributed by atoms with E-state index in [1.54, 1.807) is 32.0 Å². The zero-order valence-electron chi connectivity index (χ0n) is 13.7. The van der Waals surface area contributed by atoms with Crippen LogP contribution in [0.25, 0.3) is 0 Å². The Morgan fingerprint density at radius 2 is 2.12 bits per heavy atom. The average molecular weight is 350 g/mol. The number of esters is 1. The molecule has 3 rings (SSSR count). The third-order valence-electron chi connectivity index (χ3n) is 4.10. The van der Waals surface area contributed by atoms with Crippen LogP contribution in [0.3, 0.4) is 0 Å². The predicted octanol–water partition coefficient (Wildman–Crippen LogP) is 1.97. The van der Waals surface area contributed by atoms with Crippen LogP contribution in [0.1, 0.15) is 32.9 Å². The molecule has 1 aromatic heterocycles. The summed E-state index contributed by atoms with van der Waals surface area (Å²) in [6, 6.07) is 4.92. The van der Waals surface area contributed by atoms with Gasteiger partial charge in [-0.3, -0.25) is 4.31 Å². The molecule has 2 aromatic rings. The number of hydrogen-bond donors (Lipinski definition) is 0. The quantitative estimate of drug-likeness (QED) is 0.783. The van der Waals surface area contributed by atoms with Crippen molar-refractivity contribution < 1.29 is 22.5 Å². The van der Waals surface area contributed by atoms with Gasteiger partial charge < -0.3 is 9.26 Å². The molecular weight excluding hydrogens is 332 g/mol. The molecule has 0 bridgehead atoms. The summed E-state index contributed by atoms with van der Waals surface area (Å²) in [7, 11) is -3.30. The first-order chi connectivity index (χ1) is 11.3. The van der Waals surface area contributed by atoms with Crippen LogP contribution in [-0.2, 0) is 27.8 Å². The summed E-state index contributed by atoms with van der Waals surface area (Å²) in [5.74, 6) is 0.161. The van der Waals surface area contributed by atoms with E-state index in [-0.39, 0.29) is 6.61 Å². The van der Waals surface area contributed by atoms with Crippen molar-refractivity contribution in [1.82, 2.24) is 5.16 Å². The number of hydrogen-bond acceptors (Lipinski definition) is 6. The van der Waals surface area contributed by atoms with E-state index in [0.717, 1.165) is 11.1 Å². The number of carbonyl (C=O) groups excluding carboxylic acids is 1. The van der Waals surface area contributed by atoms with Crippen molar-refractivity contribution in [1.29, 1.82) is 0 Å². The van der Waals surface area contributed by atoms with E-state index in [4.69, 9.17) is 9.26 Å². The number of carbonyl (C=O) groups is 1. The van der Waals surface area contributed by atoms with Crippen LogP contribution >= 0.6 is 0 Å². The third-order valence-corrected chi connectivity index (χ3v) is 5.28. The Kier molecular flexibility index (Phi) is 4.08. The minimum atomic E-state index is -3.30. The summed E-state index contributed by atoms with van der Waals surface area (Å²) in [4.78, 5) is 12.2. The second-order valence-electron chi connectivity index (χ2n) is 5.81. The molecule has 2 heterocycles. The highest BCUT2D eigenvalue weighted by Gasteiger charge is 2.27. The molecule has 0 saturated heterocycles. The predicted molar refractivity (Wildman–Crippen MR) is 87.4 cm³/mol. The second kappa shape index (κ2) is 5.94. The lowest BCUT2D eigenvalue weighted by molar-refractivity contribution is 0.0471. The highest BCUT2D eigenvalue weighted by molar-refractivity contribution is 7.92. The minimum absolute atomic E-state index is 0.0898. The fourth-order valence-electron chi connectivity index (χ4n) is 2.77. The molecule has 24 heavy (non-hydrogen) atoms. The number of ether oxygens (including phenoxy) is 1. The van der Waals surface area contributed by atoms with E-state index < -0.39 is 16.0 Å². The zero-order valence-corrected chi connectivity index (χ0v) is 14.5. The van der Waals surface area contributed by atoms with Crippen LogP contribution < -0.4 is 4.31 Å². The summed E-state index contributed by atoms with van der Waals surface area (Å²) >= 11 is 0. The van der Waals surface area contributed by atoms with Crippen molar-refractivity contribution in [3.63, 3.8) is 0 Å². The maximum atomic E-state index is 12.2. The van der Waals surface area contributed by atoms with Gasteiger partial charge in [0.1, 0.15) is 12.4 Å². The van der Waals surface area contributed by atoms with Crippen LogP contribution in [0.15, 0.2) is 22.7 Å². The van der Waals surface area contributed by atoms with Crippen molar-refractivity contribution in [3.05, 3.63) is 46.3 Å². The van der Waals surface area contributed by atoms with Crippen molar-refractivity contribution in [2.75, 3.05) is 17.1 Å². The van der Waals surface area contributed by atoms with Crippen LogP contribution in [0.4, 0.5) is 5.69 Å². The fraction of sp³-hybridized carbons (Fsp3) is 0.375. The molecule has 0 amide bonds. The first-order valence-corrected chi connectivity index (χ1v) is 9.31. The number of aromatic nitrogens is 1. The Labute approximate surface area is 140 Å². The van der Waals surface area contributed by atoms with Gasteiger partial charge in [-0.15, -0.1) is 0 Å². The van der Waals surface area contributed by atoms with Gasteiger partial charge in [0, 0.05) is 6.54 Å². The van der Waals surface area contributed by atoms with Crippen LogP contribution in [0, 0.1) is 13.8 Å². The Morgan fingerprint density at radius 3 is 2.75 bits per heavy atom. The molecule has 8 heteroatoms. The normalized spacial score (nSPS) is 13.9. The lowest BCUT2D eigenvalue weighted by Gasteiger charge is -2.16. The lowest BCUT2D eigenvalue weighted by atomic mass is 10.1. The van der Waals surface area contributed by atoms with Crippen molar-refractivity contribution in [2.45, 2.75) is 26.9 Å². The summed E-state index contributed by atoms with van der Waals surface area (Å²) in [6.07, 6.45) is 1.75. The molecule has 0 aliphatic carbocycles. The molecule has 1 aromatic carbocycles. The number of anilines is 1. The van der Waals surface area contributed by atoms with E-state index in [2.05, 4.69) is 5.16 Å². The molecule has 0 spiro atoms. The molecule has 0 fully saturated rings. The second-order valence-corrected chi connectivity index (χ2v) is 7.71. The number of aryl methyl sites for hydroxylation is 2. The molecule has 0 saturated carbocycles. The van der Waals surface area contributed by atoms with E-state index in [9.17, 15) is 13.2 Å². The molecule has 0 radical (unpaired) electrons. The first kappa shape index (κ1) is 16.5. The smallest absolute Gasteiger partial charge is 0.338 e. The van der Waals surface area contributed by atoms with Gasteiger partial charge in [0.2, 0.25) is 10.0 Å². The van der Waals surface area contributed by atoms with Crippen molar-refractivity contribution in [2.24, 2.45) is 0 Å². The van der Waals surface area contributed by atoms with Crippen LogP contribution in [0.2, 0.25) is 0 Å². The molecule has 0 atom stereocenters. The number of sulfonamides is 1. The van der Waals surface area contributed by atoms with E-state index >= 15 is 0 Å². The van der Waals surface area contributed by atoms with Gasteiger partial charge in [0.25, 0.3) is 0 Å². The van der Waals surface area contributed by atoms with E-state index in [1.165, 1.54) is 10.6 Å². The SMILES string of the molecule is Cc1noc(C)c1COC(=O)c1ccc2c(c1)CCN2S(C)(=O)=O. The first-order valence-electron chi connectivity index (χ1n) is 7.47. The number of nitrogens with zero attached hydrogens (tertiary/aromatic N) is 2. The van der Waals surface area contributed by atoms with Gasteiger partial charge in [-0.1, -0.05) is 5.16 Å². The van der Waals surface area contributed by atoms with E-state index in [0.29, 0.717) is 35.7 Å². The third kappa shape index (κ3) is 3.01. The Bertz CT molecular complexity index is 882. The monoisotopic (exact) mass is 350 g/mol. The van der Waals surface area contributed by atoms with E-state index in [1.807, 2.05) is 0 Å². The molecule has 7 nitrogen and oxygen atoms in total. The minimum Gasteiger partial charge on any atom is -0.457 e. The molecule has 1 aliphatic heterocycles. The van der Waals surface area contributed by atoms with Gasteiger partial charge in [0.05, 0.1) is 28.8 Å². The fourth-order valence-corrected chi connectivity index (χ4v) is 3.73. The van der Waals surface area contributed by atoms with Crippen molar-refractivity contribution in [3.8, 4) is 0 Å². The van der Waals surface area contributed by atoms with Gasteiger partial charge >= 0.3 is 5.97 Å². The summed E-state index contributed by atoms with van der Waals surface area (Å²) in [6.45, 7) is 4.03. The summed E-state index contributed by atoms with van der Waals surface area (Å²) < 4.78 is 35.2. The Morgan fingerprint density at radius 1 is 1.38 bits per heavy atom. The van der Waals surface area contributed by atoms with Crippen LogP contribution in [0.5, 0.6) is 0 Å². The number of fused-ring (bicyclic) bond motifs is 1. The summed E-state index contributed by atoms with van der Waals surface area (Å²) in [5, 5.41) is 3.82. The zero-order chi connectivity index (χ0) is 17.5. The average Bonchev–Trinajstić information content (AvgIpc) is 3.08. The Balaban J connectivity index is 1.76. The topological polar surface area (TPSA) is 89.7 Å². The highest BCUT2D eigenvalue weighted by atomic mass is 32.2. The molecule has 128 valence electrons. The summed E-state index contributed by atoms with van der Waals surface area (Å²) in [5.41, 5.74) is 3.30. The number of rotatable bonds is 4. The van der Waals surface area contributed by atoms with Crippen LogP contribution in [-0.4, -0.2) is 32.3 Å². The standard InChI is InChI=1S/C16H18N2O5S/c1-10-14(11(2)23-17-10)9-22-16(19)13-4-5-15-12(8-13)6-7-18(15)24(3,20)21/h4-5,8H,6-7,9H2,1-3H3. The number of benzene rings is 1. The molecule has 0 N–H and O–H groups in total. The molecule has 0 unspecified atom stereocenters. The lowest BCUT2D eigenvalue weighted by Crippen LogP contribution is -2.27. The maximum Gasteiger partial charge on any atom is 0.338 e. The van der Waals surface area contributed by atoms with Crippen molar-refractivity contribution >= 4 is 21.7 Å². The maximum absolute atomic E-state index is 12.2. The molecule has 1 aliphatic rings. The molecular formula is C16H18N2O5S. The largest absolute Gasteiger partial charge is 0.457 e. The Hall–Kier alpha value is -2.35. The highest BCUT2D eigenvalue weighted by Crippen LogP contribution is 2.31.